The fourth-order valence-corrected chi connectivity index (χ4v) is 3.35. The van der Waals surface area contributed by atoms with Gasteiger partial charge in [-0.15, -0.1) is 0 Å². The van der Waals surface area contributed by atoms with E-state index in [0.717, 1.165) is 25.3 Å². The molecule has 20 heavy (non-hydrogen) atoms. The number of hydrogen-bond donors (Lipinski definition) is 1. The first-order valence-corrected chi connectivity index (χ1v) is 8.10. The van der Waals surface area contributed by atoms with E-state index in [0.29, 0.717) is 6.04 Å². The van der Waals surface area contributed by atoms with Crippen molar-refractivity contribution in [2.45, 2.75) is 19.4 Å². The van der Waals surface area contributed by atoms with Gasteiger partial charge in [-0.25, -0.2) is 0 Å². The van der Waals surface area contributed by atoms with Gasteiger partial charge in [0.15, 0.2) is 0 Å². The highest BCUT2D eigenvalue weighted by molar-refractivity contribution is 14.1. The quantitative estimate of drug-likeness (QED) is 0.817. The highest BCUT2D eigenvalue weighted by Crippen LogP contribution is 2.31. The summed E-state index contributed by atoms with van der Waals surface area (Å²) in [6, 6.07) is 15.5. The van der Waals surface area contributed by atoms with E-state index < -0.39 is 0 Å². The fourth-order valence-electron chi connectivity index (χ4n) is 2.78. The van der Waals surface area contributed by atoms with Crippen LogP contribution in [0.25, 0.3) is 0 Å². The molecule has 0 aliphatic carbocycles. The Morgan fingerprint density at radius 1 is 1.25 bits per heavy atom. The van der Waals surface area contributed by atoms with Crippen LogP contribution in [0.4, 0.5) is 0 Å². The normalized spacial score (nSPS) is 17.6. The Kier molecular flexibility index (Phi) is 4.27. The predicted octanol–water partition coefficient (Wildman–Crippen LogP) is 3.93. The van der Waals surface area contributed by atoms with Crippen molar-refractivity contribution in [1.29, 1.82) is 0 Å². The standard InChI is InChI=1S/C17H18INO/c1-2-20-15-6-7-16-12(11-15)8-9-19-17(16)13-4-3-5-14(18)10-13/h3-7,10-11,17,19H,2,8-9H2,1H3. The summed E-state index contributed by atoms with van der Waals surface area (Å²) in [5.41, 5.74) is 4.11. The lowest BCUT2D eigenvalue weighted by Gasteiger charge is -2.28. The third-order valence-electron chi connectivity index (χ3n) is 3.66. The maximum atomic E-state index is 5.61. The minimum Gasteiger partial charge on any atom is -0.494 e. The largest absolute Gasteiger partial charge is 0.494 e. The monoisotopic (exact) mass is 379 g/mol. The summed E-state index contributed by atoms with van der Waals surface area (Å²) in [6.07, 6.45) is 1.07. The van der Waals surface area contributed by atoms with Gasteiger partial charge in [-0.2, -0.15) is 0 Å². The van der Waals surface area contributed by atoms with Crippen LogP contribution >= 0.6 is 22.6 Å². The zero-order chi connectivity index (χ0) is 13.9. The molecule has 0 saturated carbocycles. The van der Waals surface area contributed by atoms with Crippen molar-refractivity contribution >= 4 is 22.6 Å². The van der Waals surface area contributed by atoms with Crippen molar-refractivity contribution in [2.75, 3.05) is 13.2 Å². The fraction of sp³-hybridized carbons (Fsp3) is 0.294. The third-order valence-corrected chi connectivity index (χ3v) is 4.33. The first kappa shape index (κ1) is 13.9. The van der Waals surface area contributed by atoms with E-state index in [1.54, 1.807) is 0 Å². The summed E-state index contributed by atoms with van der Waals surface area (Å²) < 4.78 is 6.89. The molecule has 104 valence electrons. The van der Waals surface area contributed by atoms with Gasteiger partial charge in [-0.1, -0.05) is 18.2 Å². The minimum absolute atomic E-state index is 0.296. The lowest BCUT2D eigenvalue weighted by atomic mass is 9.90. The van der Waals surface area contributed by atoms with Gasteiger partial charge in [0.1, 0.15) is 5.75 Å². The molecule has 2 aromatic carbocycles. The van der Waals surface area contributed by atoms with E-state index in [1.165, 1.54) is 20.3 Å². The Hall–Kier alpha value is -1.07. The van der Waals surface area contributed by atoms with Crippen molar-refractivity contribution in [3.8, 4) is 5.75 Å². The number of fused-ring (bicyclic) bond motifs is 1. The first-order chi connectivity index (χ1) is 9.78. The third kappa shape index (κ3) is 2.83. The van der Waals surface area contributed by atoms with Crippen LogP contribution in [0.1, 0.15) is 29.7 Å². The molecule has 1 unspecified atom stereocenters. The Bertz CT molecular complexity index is 612. The molecule has 1 aliphatic rings. The number of halogens is 1. The lowest BCUT2D eigenvalue weighted by Crippen LogP contribution is -2.30. The molecule has 2 nitrogen and oxygen atoms in total. The average molecular weight is 379 g/mol. The van der Waals surface area contributed by atoms with Crippen LogP contribution in [0.15, 0.2) is 42.5 Å². The van der Waals surface area contributed by atoms with Gasteiger partial charge in [0, 0.05) is 10.1 Å². The van der Waals surface area contributed by atoms with Crippen LogP contribution in [-0.2, 0) is 6.42 Å². The zero-order valence-electron chi connectivity index (χ0n) is 11.5. The van der Waals surface area contributed by atoms with Crippen LogP contribution in [0.2, 0.25) is 0 Å². The number of benzene rings is 2. The van der Waals surface area contributed by atoms with Gasteiger partial charge < -0.3 is 10.1 Å². The summed E-state index contributed by atoms with van der Waals surface area (Å²) >= 11 is 2.37. The highest BCUT2D eigenvalue weighted by atomic mass is 127. The molecular formula is C17H18INO. The second-order valence-corrected chi connectivity index (χ2v) is 6.23. The second-order valence-electron chi connectivity index (χ2n) is 4.99. The van der Waals surface area contributed by atoms with Crippen molar-refractivity contribution in [3.63, 3.8) is 0 Å². The summed E-state index contributed by atoms with van der Waals surface area (Å²) in [5, 5.41) is 3.63. The van der Waals surface area contributed by atoms with Gasteiger partial charge in [0.2, 0.25) is 0 Å². The molecule has 1 heterocycles. The van der Waals surface area contributed by atoms with Crippen molar-refractivity contribution in [1.82, 2.24) is 5.32 Å². The molecule has 0 radical (unpaired) electrons. The molecule has 3 rings (SSSR count). The molecule has 2 aromatic rings. The summed E-state index contributed by atoms with van der Waals surface area (Å²) in [7, 11) is 0. The molecule has 1 aliphatic heterocycles. The van der Waals surface area contributed by atoms with Crippen LogP contribution < -0.4 is 10.1 Å². The van der Waals surface area contributed by atoms with E-state index in [2.05, 4.69) is 70.4 Å². The van der Waals surface area contributed by atoms with E-state index >= 15 is 0 Å². The van der Waals surface area contributed by atoms with E-state index in [4.69, 9.17) is 4.74 Å². The van der Waals surface area contributed by atoms with Gasteiger partial charge in [0.05, 0.1) is 12.6 Å². The molecule has 0 bridgehead atoms. The molecule has 1 N–H and O–H groups in total. The van der Waals surface area contributed by atoms with Crippen molar-refractivity contribution in [3.05, 3.63) is 62.7 Å². The average Bonchev–Trinajstić information content (AvgIpc) is 2.47. The van der Waals surface area contributed by atoms with Gasteiger partial charge in [0.25, 0.3) is 0 Å². The summed E-state index contributed by atoms with van der Waals surface area (Å²) in [5.74, 6) is 0.981. The summed E-state index contributed by atoms with van der Waals surface area (Å²) in [4.78, 5) is 0. The first-order valence-electron chi connectivity index (χ1n) is 7.02. The van der Waals surface area contributed by atoms with Gasteiger partial charge in [-0.05, 0) is 76.9 Å². The van der Waals surface area contributed by atoms with Crippen molar-refractivity contribution in [2.24, 2.45) is 0 Å². The smallest absolute Gasteiger partial charge is 0.119 e. The zero-order valence-corrected chi connectivity index (χ0v) is 13.7. The van der Waals surface area contributed by atoms with E-state index in [9.17, 15) is 0 Å². The Morgan fingerprint density at radius 2 is 2.15 bits per heavy atom. The molecule has 3 heteroatoms. The molecule has 1 atom stereocenters. The van der Waals surface area contributed by atoms with Crippen LogP contribution in [-0.4, -0.2) is 13.2 Å². The lowest BCUT2D eigenvalue weighted by molar-refractivity contribution is 0.339. The molecule has 0 spiro atoms. The minimum atomic E-state index is 0.296. The van der Waals surface area contributed by atoms with Crippen LogP contribution in [0, 0.1) is 3.57 Å². The Balaban J connectivity index is 1.97. The molecular weight excluding hydrogens is 361 g/mol. The van der Waals surface area contributed by atoms with E-state index in [1.807, 2.05) is 6.92 Å². The summed E-state index contributed by atoms with van der Waals surface area (Å²) in [6.45, 7) is 3.76. The Labute approximate surface area is 133 Å². The second kappa shape index (κ2) is 6.14. The SMILES string of the molecule is CCOc1ccc2c(c1)CCNC2c1cccc(I)c1. The number of rotatable bonds is 3. The number of nitrogens with one attached hydrogen (secondary N) is 1. The highest BCUT2D eigenvalue weighted by Gasteiger charge is 2.21. The molecule has 0 fully saturated rings. The molecule has 0 saturated heterocycles. The maximum absolute atomic E-state index is 5.61. The van der Waals surface area contributed by atoms with Crippen LogP contribution in [0.5, 0.6) is 5.75 Å². The van der Waals surface area contributed by atoms with Crippen molar-refractivity contribution < 1.29 is 4.74 Å². The number of hydrogen-bond acceptors (Lipinski definition) is 2. The van der Waals surface area contributed by atoms with Gasteiger partial charge in [-0.3, -0.25) is 0 Å². The molecule has 0 amide bonds. The predicted molar refractivity (Wildman–Crippen MR) is 90.3 cm³/mol. The Morgan fingerprint density at radius 3 is 2.95 bits per heavy atom. The maximum Gasteiger partial charge on any atom is 0.119 e. The van der Waals surface area contributed by atoms with E-state index in [-0.39, 0.29) is 0 Å². The number of ether oxygens (including phenoxy) is 1. The molecule has 0 aromatic heterocycles. The van der Waals surface area contributed by atoms with Gasteiger partial charge >= 0.3 is 0 Å². The van der Waals surface area contributed by atoms with Crippen LogP contribution in [0.3, 0.4) is 0 Å². The topological polar surface area (TPSA) is 21.3 Å².